The maximum absolute atomic E-state index is 5.27. The largest absolute Gasteiger partial charge is 0.309 e. The van der Waals surface area contributed by atoms with Crippen LogP contribution < -0.4 is 0 Å². The molecule has 0 bridgehead atoms. The Kier molecular flexibility index (Phi) is 7.47. The molecule has 0 atom stereocenters. The van der Waals surface area contributed by atoms with Gasteiger partial charge in [-0.25, -0.2) is 9.97 Å². The summed E-state index contributed by atoms with van der Waals surface area (Å²) >= 11 is 0. The molecule has 10 rings (SSSR count). The zero-order chi connectivity index (χ0) is 35.1. The number of fused-ring (bicyclic) bond motifs is 4. The Morgan fingerprint density at radius 1 is 0.340 bits per heavy atom. The minimum absolute atomic E-state index is 0.699. The number of nitrogens with zero attached hydrogens (tertiary/aromatic N) is 3. The molecule has 0 saturated heterocycles. The molecule has 248 valence electrons. The van der Waals surface area contributed by atoms with Crippen molar-refractivity contribution in [3.63, 3.8) is 0 Å². The van der Waals surface area contributed by atoms with Gasteiger partial charge in [-0.15, -0.1) is 0 Å². The Bertz CT molecular complexity index is 2910. The predicted molar refractivity (Wildman–Crippen MR) is 221 cm³/mol. The van der Waals surface area contributed by atoms with Crippen LogP contribution in [0.5, 0.6) is 0 Å². The molecule has 53 heavy (non-hydrogen) atoms. The standard InChI is InChI=1S/C50H33N3/c1-3-13-34(14-4-1)36-25-29-38(30-26-36)42-21-12-22-44-43-19-8-10-24-47(43)53(49(42)44)41-18-11-17-40(33-41)50-51-46-23-9-7-20-45(46)48(52-50)39-31-27-37(28-32-39)35-15-5-2-6-16-35/h1-33H. The van der Waals surface area contributed by atoms with Gasteiger partial charge in [-0.2, -0.15) is 0 Å². The summed E-state index contributed by atoms with van der Waals surface area (Å²) in [7, 11) is 0. The third-order valence-corrected chi connectivity index (χ3v) is 10.2. The Labute approximate surface area is 308 Å². The lowest BCUT2D eigenvalue weighted by Crippen LogP contribution is -1.98. The number of hydrogen-bond donors (Lipinski definition) is 0. The van der Waals surface area contributed by atoms with Crippen LogP contribution in [-0.2, 0) is 0 Å². The number of aromatic nitrogens is 3. The Morgan fingerprint density at radius 2 is 0.868 bits per heavy atom. The van der Waals surface area contributed by atoms with Gasteiger partial charge in [0.25, 0.3) is 0 Å². The molecule has 0 amide bonds. The predicted octanol–water partition coefficient (Wildman–Crippen LogP) is 13.1. The molecule has 2 heterocycles. The van der Waals surface area contributed by atoms with Crippen molar-refractivity contribution in [2.75, 3.05) is 0 Å². The third-order valence-electron chi connectivity index (χ3n) is 10.2. The first-order valence-electron chi connectivity index (χ1n) is 18.0. The third kappa shape index (κ3) is 5.47. The van der Waals surface area contributed by atoms with E-state index in [0.29, 0.717) is 5.82 Å². The van der Waals surface area contributed by atoms with E-state index in [9.17, 15) is 0 Å². The van der Waals surface area contributed by atoms with Crippen molar-refractivity contribution in [1.82, 2.24) is 14.5 Å². The second kappa shape index (κ2) is 12.9. The average Bonchev–Trinajstić information content (AvgIpc) is 3.59. The van der Waals surface area contributed by atoms with Crippen LogP contribution in [0.4, 0.5) is 0 Å². The molecular formula is C50H33N3. The lowest BCUT2D eigenvalue weighted by atomic mass is 9.98. The zero-order valence-electron chi connectivity index (χ0n) is 28.9. The van der Waals surface area contributed by atoms with Crippen LogP contribution in [0.2, 0.25) is 0 Å². The second-order valence-electron chi connectivity index (χ2n) is 13.4. The maximum atomic E-state index is 5.27. The van der Waals surface area contributed by atoms with Crippen LogP contribution in [0.1, 0.15) is 0 Å². The summed E-state index contributed by atoms with van der Waals surface area (Å²) in [6.07, 6.45) is 0. The number of para-hydroxylation sites is 3. The van der Waals surface area contributed by atoms with Gasteiger partial charge in [-0.3, -0.25) is 0 Å². The highest BCUT2D eigenvalue weighted by Gasteiger charge is 2.18. The van der Waals surface area contributed by atoms with Crippen LogP contribution in [0.15, 0.2) is 200 Å². The highest BCUT2D eigenvalue weighted by molar-refractivity contribution is 6.14. The van der Waals surface area contributed by atoms with Gasteiger partial charge in [0.05, 0.1) is 22.2 Å². The second-order valence-corrected chi connectivity index (χ2v) is 13.4. The van der Waals surface area contributed by atoms with Crippen LogP contribution in [0, 0.1) is 0 Å². The van der Waals surface area contributed by atoms with Gasteiger partial charge >= 0.3 is 0 Å². The topological polar surface area (TPSA) is 30.7 Å². The van der Waals surface area contributed by atoms with Gasteiger partial charge in [0.1, 0.15) is 0 Å². The first kappa shape index (κ1) is 30.7. The molecule has 0 fully saturated rings. The van der Waals surface area contributed by atoms with Crippen molar-refractivity contribution >= 4 is 32.7 Å². The van der Waals surface area contributed by atoms with Gasteiger partial charge in [0, 0.05) is 38.5 Å². The van der Waals surface area contributed by atoms with Crippen molar-refractivity contribution in [1.29, 1.82) is 0 Å². The Hall–Kier alpha value is -7.10. The molecule has 0 unspecified atom stereocenters. The van der Waals surface area contributed by atoms with E-state index in [1.165, 1.54) is 49.7 Å². The van der Waals surface area contributed by atoms with Crippen molar-refractivity contribution in [2.45, 2.75) is 0 Å². The molecule has 3 nitrogen and oxygen atoms in total. The SMILES string of the molecule is c1ccc(-c2ccc(-c3nc(-c4cccc(-n5c6ccccc6c6cccc(-c7ccc(-c8ccccc8)cc7)c65)c4)nc4ccccc34)cc2)cc1. The van der Waals surface area contributed by atoms with E-state index in [1.807, 2.05) is 12.1 Å². The Balaban J connectivity index is 1.12. The highest BCUT2D eigenvalue weighted by Crippen LogP contribution is 2.39. The fourth-order valence-corrected chi connectivity index (χ4v) is 7.65. The molecule has 8 aromatic carbocycles. The number of benzene rings is 8. The number of rotatable bonds is 6. The summed E-state index contributed by atoms with van der Waals surface area (Å²) in [5.74, 6) is 0.699. The fraction of sp³-hybridized carbons (Fsp3) is 0. The van der Waals surface area contributed by atoms with Crippen molar-refractivity contribution in [2.24, 2.45) is 0 Å². The summed E-state index contributed by atoms with van der Waals surface area (Å²) in [6, 6.07) is 70.9. The van der Waals surface area contributed by atoms with Crippen molar-refractivity contribution < 1.29 is 0 Å². The molecule has 2 aromatic heterocycles. The summed E-state index contributed by atoms with van der Waals surface area (Å²) in [5.41, 5.74) is 14.4. The molecule has 0 aliphatic carbocycles. The molecule has 0 saturated carbocycles. The molecule has 0 N–H and O–H groups in total. The van der Waals surface area contributed by atoms with Gasteiger partial charge in [-0.1, -0.05) is 176 Å². The first-order valence-corrected chi connectivity index (χ1v) is 18.0. The normalized spacial score (nSPS) is 11.4. The van der Waals surface area contributed by atoms with E-state index in [-0.39, 0.29) is 0 Å². The van der Waals surface area contributed by atoms with Crippen molar-refractivity contribution in [3.8, 4) is 61.7 Å². The molecular weight excluding hydrogens is 643 g/mol. The average molecular weight is 676 g/mol. The minimum Gasteiger partial charge on any atom is -0.309 e. The first-order chi connectivity index (χ1) is 26.3. The van der Waals surface area contributed by atoms with E-state index in [1.54, 1.807) is 0 Å². The smallest absolute Gasteiger partial charge is 0.160 e. The molecule has 10 aromatic rings. The molecule has 0 aliphatic heterocycles. The number of hydrogen-bond acceptors (Lipinski definition) is 2. The van der Waals surface area contributed by atoms with E-state index >= 15 is 0 Å². The summed E-state index contributed by atoms with van der Waals surface area (Å²) in [6.45, 7) is 0. The van der Waals surface area contributed by atoms with Crippen LogP contribution in [0.3, 0.4) is 0 Å². The summed E-state index contributed by atoms with van der Waals surface area (Å²) in [4.78, 5) is 10.4. The van der Waals surface area contributed by atoms with Gasteiger partial charge < -0.3 is 4.57 Å². The van der Waals surface area contributed by atoms with E-state index < -0.39 is 0 Å². The van der Waals surface area contributed by atoms with E-state index in [2.05, 4.69) is 193 Å². The summed E-state index contributed by atoms with van der Waals surface area (Å²) in [5, 5.41) is 3.47. The maximum Gasteiger partial charge on any atom is 0.160 e. The van der Waals surface area contributed by atoms with E-state index in [4.69, 9.17) is 9.97 Å². The van der Waals surface area contributed by atoms with Crippen LogP contribution in [0.25, 0.3) is 94.4 Å². The summed E-state index contributed by atoms with van der Waals surface area (Å²) < 4.78 is 2.40. The lowest BCUT2D eigenvalue weighted by Gasteiger charge is -2.14. The highest BCUT2D eigenvalue weighted by atomic mass is 15.0. The monoisotopic (exact) mass is 675 g/mol. The van der Waals surface area contributed by atoms with Gasteiger partial charge in [-0.05, 0) is 52.1 Å². The fourth-order valence-electron chi connectivity index (χ4n) is 7.65. The molecule has 0 spiro atoms. The van der Waals surface area contributed by atoms with Crippen molar-refractivity contribution in [3.05, 3.63) is 200 Å². The minimum atomic E-state index is 0.699. The molecule has 3 heteroatoms. The molecule has 0 radical (unpaired) electrons. The molecule has 0 aliphatic rings. The Morgan fingerprint density at radius 3 is 1.58 bits per heavy atom. The van der Waals surface area contributed by atoms with Crippen LogP contribution >= 0.6 is 0 Å². The zero-order valence-corrected chi connectivity index (χ0v) is 28.9. The lowest BCUT2D eigenvalue weighted by molar-refractivity contribution is 1.17. The van der Waals surface area contributed by atoms with E-state index in [0.717, 1.165) is 38.9 Å². The van der Waals surface area contributed by atoms with Gasteiger partial charge in [0.2, 0.25) is 0 Å². The van der Waals surface area contributed by atoms with Crippen LogP contribution in [-0.4, -0.2) is 14.5 Å². The quantitative estimate of drug-likeness (QED) is 0.176. The van der Waals surface area contributed by atoms with Gasteiger partial charge in [0.15, 0.2) is 5.82 Å².